The summed E-state index contributed by atoms with van der Waals surface area (Å²) in [5, 5.41) is 10.1. The van der Waals surface area contributed by atoms with Crippen molar-refractivity contribution in [3.05, 3.63) is 58.7 Å². The number of carboxylic acid groups (broad SMARTS) is 1. The average Bonchev–Trinajstić information content (AvgIpc) is 3.21. The maximum absolute atomic E-state index is 15.1. The Morgan fingerprint density at radius 3 is 2.44 bits per heavy atom. The number of benzene rings is 1. The van der Waals surface area contributed by atoms with Gasteiger partial charge in [-0.2, -0.15) is 0 Å². The molecule has 1 amide bonds. The van der Waals surface area contributed by atoms with E-state index in [-0.39, 0.29) is 17.4 Å². The summed E-state index contributed by atoms with van der Waals surface area (Å²) in [6.45, 7) is 0.690. The number of likely N-dealkylation sites (tertiary alicyclic amines) is 1. The zero-order valence-corrected chi connectivity index (χ0v) is 19.1. The van der Waals surface area contributed by atoms with Gasteiger partial charge in [0, 0.05) is 35.3 Å². The van der Waals surface area contributed by atoms with Gasteiger partial charge in [0.25, 0.3) is 5.91 Å². The minimum absolute atomic E-state index is 0.188. The highest BCUT2D eigenvalue weighted by Crippen LogP contribution is 2.40. The smallest absolute Gasteiger partial charge is 0.481 e. The molecule has 7 nitrogen and oxygen atoms in total. The molecule has 0 saturated carbocycles. The predicted octanol–water partition coefficient (Wildman–Crippen LogP) is 4.81. The number of H-pyrrole nitrogens is 1. The second-order valence-electron chi connectivity index (χ2n) is 9.24. The quantitative estimate of drug-likeness (QED) is 0.497. The van der Waals surface area contributed by atoms with E-state index >= 15 is 4.39 Å². The third-order valence-electron chi connectivity index (χ3n) is 7.07. The molecule has 11 heteroatoms. The molecular formula is C25H23F4N3O4. The first-order valence-corrected chi connectivity index (χ1v) is 11.7. The molecular weight excluding hydrogens is 482 g/mol. The van der Waals surface area contributed by atoms with E-state index in [1.165, 1.54) is 18.3 Å². The number of amides is 1. The van der Waals surface area contributed by atoms with Crippen molar-refractivity contribution in [1.82, 2.24) is 14.9 Å². The third kappa shape index (κ3) is 4.61. The normalized spacial score (nSPS) is 18.8. The molecule has 0 radical (unpaired) electrons. The maximum Gasteiger partial charge on any atom is 0.573 e. The molecule has 1 aliphatic heterocycles. The molecule has 0 spiro atoms. The summed E-state index contributed by atoms with van der Waals surface area (Å²) in [6, 6.07) is 4.75. The fourth-order valence-corrected chi connectivity index (χ4v) is 5.34. The van der Waals surface area contributed by atoms with Crippen molar-refractivity contribution in [2.75, 3.05) is 13.1 Å². The molecule has 0 bridgehead atoms. The molecule has 1 aliphatic carbocycles. The lowest BCUT2D eigenvalue weighted by atomic mass is 9.82. The Labute approximate surface area is 203 Å². The number of aryl methyl sites for hydroxylation is 1. The van der Waals surface area contributed by atoms with Gasteiger partial charge in [0.2, 0.25) is 0 Å². The number of pyridine rings is 1. The molecule has 3 aromatic rings. The third-order valence-corrected chi connectivity index (χ3v) is 7.07. The number of aromatic nitrogens is 2. The summed E-state index contributed by atoms with van der Waals surface area (Å²) in [5.74, 6) is -2.77. The number of nitrogens with zero attached hydrogens (tertiary/aromatic N) is 2. The van der Waals surface area contributed by atoms with Crippen LogP contribution in [-0.2, 0) is 17.6 Å². The van der Waals surface area contributed by atoms with E-state index in [1.807, 2.05) is 0 Å². The van der Waals surface area contributed by atoms with Crippen molar-refractivity contribution in [2.24, 2.45) is 5.92 Å². The Kier molecular flexibility index (Phi) is 6.09. The number of nitrogens with one attached hydrogen (secondary N) is 1. The van der Waals surface area contributed by atoms with Gasteiger partial charge in [-0.15, -0.1) is 13.2 Å². The summed E-state index contributed by atoms with van der Waals surface area (Å²) >= 11 is 0. The number of rotatable bonds is 4. The molecule has 3 heterocycles. The van der Waals surface area contributed by atoms with Gasteiger partial charge in [-0.3, -0.25) is 9.59 Å². The zero-order valence-electron chi connectivity index (χ0n) is 19.1. The van der Waals surface area contributed by atoms with Gasteiger partial charge < -0.3 is 19.7 Å². The lowest BCUT2D eigenvalue weighted by Crippen LogP contribution is -2.38. The molecule has 5 rings (SSSR count). The van der Waals surface area contributed by atoms with Gasteiger partial charge >= 0.3 is 12.3 Å². The maximum atomic E-state index is 15.1. The van der Waals surface area contributed by atoms with Crippen LogP contribution in [0.3, 0.4) is 0 Å². The van der Waals surface area contributed by atoms with Gasteiger partial charge in [0.1, 0.15) is 17.2 Å². The molecule has 1 aromatic carbocycles. The number of ether oxygens (including phenoxy) is 1. The van der Waals surface area contributed by atoms with Crippen LogP contribution in [0.15, 0.2) is 30.5 Å². The van der Waals surface area contributed by atoms with Gasteiger partial charge in [-0.1, -0.05) is 0 Å². The SMILES string of the molecule is O=C(O)[C@@H]1CCc2[nH]c3ncc(F)c(C4CCN(C(=O)c5ccc(OC(F)(F)F)cc5)CC4)c3c2C1. The number of aliphatic carboxylic acids is 1. The van der Waals surface area contributed by atoms with Crippen LogP contribution in [-0.4, -0.2) is 51.3 Å². The molecule has 36 heavy (non-hydrogen) atoms. The summed E-state index contributed by atoms with van der Waals surface area (Å²) in [5.41, 5.74) is 2.99. The van der Waals surface area contributed by atoms with Crippen LogP contribution in [0.25, 0.3) is 11.0 Å². The Bertz CT molecular complexity index is 1310. The number of halogens is 4. The summed E-state index contributed by atoms with van der Waals surface area (Å²) < 4.78 is 56.1. The van der Waals surface area contributed by atoms with Gasteiger partial charge in [-0.05, 0) is 67.9 Å². The van der Waals surface area contributed by atoms with E-state index in [0.29, 0.717) is 61.8 Å². The van der Waals surface area contributed by atoms with Crippen LogP contribution >= 0.6 is 0 Å². The number of hydrogen-bond acceptors (Lipinski definition) is 4. The number of aromatic amines is 1. The number of carboxylic acids is 1. The number of alkyl halides is 3. The van der Waals surface area contributed by atoms with Gasteiger partial charge in [0.15, 0.2) is 0 Å². The molecule has 1 fully saturated rings. The Morgan fingerprint density at radius 2 is 1.81 bits per heavy atom. The van der Waals surface area contributed by atoms with Crippen molar-refractivity contribution in [3.8, 4) is 5.75 Å². The first-order valence-electron chi connectivity index (χ1n) is 11.7. The van der Waals surface area contributed by atoms with Crippen molar-refractivity contribution in [2.45, 2.75) is 44.4 Å². The van der Waals surface area contributed by atoms with Crippen molar-refractivity contribution >= 4 is 22.9 Å². The van der Waals surface area contributed by atoms with E-state index < -0.39 is 29.8 Å². The highest BCUT2D eigenvalue weighted by molar-refractivity contribution is 5.94. The monoisotopic (exact) mass is 505 g/mol. The molecule has 2 aliphatic rings. The lowest BCUT2D eigenvalue weighted by Gasteiger charge is -2.33. The summed E-state index contributed by atoms with van der Waals surface area (Å²) in [6.07, 6.45) is -1.28. The van der Waals surface area contributed by atoms with E-state index in [1.54, 1.807) is 4.90 Å². The van der Waals surface area contributed by atoms with E-state index in [4.69, 9.17) is 0 Å². The number of carbonyl (C=O) groups excluding carboxylic acids is 1. The first kappa shape index (κ1) is 24.1. The highest BCUT2D eigenvalue weighted by Gasteiger charge is 2.33. The molecule has 190 valence electrons. The Balaban J connectivity index is 1.33. The van der Waals surface area contributed by atoms with Gasteiger partial charge in [0.05, 0.1) is 12.1 Å². The Hall–Kier alpha value is -3.63. The molecule has 2 N–H and O–H groups in total. The lowest BCUT2D eigenvalue weighted by molar-refractivity contribution is -0.274. The number of carbonyl (C=O) groups is 2. The van der Waals surface area contributed by atoms with E-state index in [9.17, 15) is 27.9 Å². The van der Waals surface area contributed by atoms with Crippen LogP contribution < -0.4 is 4.74 Å². The van der Waals surface area contributed by atoms with Crippen molar-refractivity contribution in [3.63, 3.8) is 0 Å². The number of piperidine rings is 1. The van der Waals surface area contributed by atoms with E-state index in [0.717, 1.165) is 23.4 Å². The predicted molar refractivity (Wildman–Crippen MR) is 120 cm³/mol. The minimum atomic E-state index is -4.81. The van der Waals surface area contributed by atoms with Crippen LogP contribution in [0.1, 0.15) is 52.4 Å². The van der Waals surface area contributed by atoms with Crippen LogP contribution in [0, 0.1) is 11.7 Å². The average molecular weight is 505 g/mol. The van der Waals surface area contributed by atoms with Crippen molar-refractivity contribution < 1.29 is 37.0 Å². The van der Waals surface area contributed by atoms with E-state index in [2.05, 4.69) is 14.7 Å². The fourth-order valence-electron chi connectivity index (χ4n) is 5.34. The van der Waals surface area contributed by atoms with Crippen LogP contribution in [0.2, 0.25) is 0 Å². The minimum Gasteiger partial charge on any atom is -0.481 e. The largest absolute Gasteiger partial charge is 0.573 e. The van der Waals surface area contributed by atoms with Crippen molar-refractivity contribution in [1.29, 1.82) is 0 Å². The summed E-state index contributed by atoms with van der Waals surface area (Å²) in [4.78, 5) is 33.5. The fraction of sp³-hybridized carbons (Fsp3) is 0.400. The second-order valence-corrected chi connectivity index (χ2v) is 9.24. The first-order chi connectivity index (χ1) is 17.1. The molecule has 1 saturated heterocycles. The second kappa shape index (κ2) is 9.11. The summed E-state index contributed by atoms with van der Waals surface area (Å²) in [7, 11) is 0. The zero-order chi connectivity index (χ0) is 25.6. The van der Waals surface area contributed by atoms with Crippen LogP contribution in [0.4, 0.5) is 17.6 Å². The molecule has 0 unspecified atom stereocenters. The Morgan fingerprint density at radius 1 is 1.11 bits per heavy atom. The van der Waals surface area contributed by atoms with Gasteiger partial charge in [-0.25, -0.2) is 9.37 Å². The number of hydrogen-bond donors (Lipinski definition) is 2. The highest BCUT2D eigenvalue weighted by atomic mass is 19.4. The number of fused-ring (bicyclic) bond motifs is 3. The molecule has 1 atom stereocenters. The standard InChI is InChI=1S/C25H23F4N3O4/c26-18-12-30-22-21(17-11-15(24(34)35)3-6-19(17)31-22)20(18)13-7-9-32(10-8-13)23(33)14-1-4-16(5-2-14)36-25(27,28)29/h1-2,4-5,12-13,15H,3,6-11H2,(H,30,31)(H,34,35)/t15-/m1/s1. The topological polar surface area (TPSA) is 95.5 Å². The molecule has 2 aromatic heterocycles. The van der Waals surface area contributed by atoms with Crippen LogP contribution in [0.5, 0.6) is 5.75 Å².